The van der Waals surface area contributed by atoms with Crippen molar-refractivity contribution in [2.24, 2.45) is 0 Å². The molecule has 2 rings (SSSR count). The minimum Gasteiger partial charge on any atom is -0.297 e. The summed E-state index contributed by atoms with van der Waals surface area (Å²) >= 11 is 8.50. The second-order valence-corrected chi connectivity index (χ2v) is 3.85. The summed E-state index contributed by atoms with van der Waals surface area (Å²) in [6.07, 6.45) is 0. The van der Waals surface area contributed by atoms with Gasteiger partial charge in [0.25, 0.3) is 5.56 Å². The summed E-state index contributed by atoms with van der Waals surface area (Å²) in [5.74, 6) is -0.480. The van der Waals surface area contributed by atoms with E-state index in [1.807, 2.05) is 0 Å². The minimum absolute atomic E-state index is 0.0516. The number of halogens is 3. The average Bonchev–Trinajstić information content (AvgIpc) is 2.08. The van der Waals surface area contributed by atoms with Gasteiger partial charge in [-0.25, -0.2) is 9.37 Å². The molecule has 72 valence electrons. The molecule has 14 heavy (non-hydrogen) atoms. The van der Waals surface area contributed by atoms with Crippen molar-refractivity contribution >= 4 is 38.4 Å². The predicted octanol–water partition coefficient (Wildman–Crippen LogP) is 2.48. The van der Waals surface area contributed by atoms with Gasteiger partial charge >= 0.3 is 0 Å². The summed E-state index contributed by atoms with van der Waals surface area (Å²) < 4.78 is 13.3. The van der Waals surface area contributed by atoms with Crippen LogP contribution in [0.4, 0.5) is 4.39 Å². The number of aromatic amines is 1. The van der Waals surface area contributed by atoms with E-state index in [0.717, 1.165) is 6.07 Å². The Hall–Kier alpha value is -0.940. The molecule has 0 radical (unpaired) electrons. The molecule has 0 unspecified atom stereocenters. The van der Waals surface area contributed by atoms with Crippen LogP contribution in [0.1, 0.15) is 0 Å². The number of hydrogen-bond acceptors (Lipinski definition) is 2. The molecule has 0 atom stereocenters. The molecule has 1 N–H and O–H groups in total. The van der Waals surface area contributed by atoms with Gasteiger partial charge in [-0.15, -0.1) is 0 Å². The number of benzene rings is 1. The molecule has 1 aromatic heterocycles. The highest BCUT2D eigenvalue weighted by atomic mass is 79.9. The fourth-order valence-corrected chi connectivity index (χ4v) is 1.63. The first-order valence-electron chi connectivity index (χ1n) is 3.62. The van der Waals surface area contributed by atoms with Gasteiger partial charge in [-0.1, -0.05) is 0 Å². The van der Waals surface area contributed by atoms with Gasteiger partial charge in [0.15, 0.2) is 0 Å². The fraction of sp³-hybridized carbons (Fsp3) is 0. The average molecular weight is 277 g/mol. The van der Waals surface area contributed by atoms with Crippen LogP contribution in [0.3, 0.4) is 0 Å². The largest absolute Gasteiger partial charge is 0.297 e. The molecule has 6 heteroatoms. The van der Waals surface area contributed by atoms with Crippen LogP contribution in [0.25, 0.3) is 10.9 Å². The molecule has 0 bridgehead atoms. The Morgan fingerprint density at radius 2 is 2.21 bits per heavy atom. The van der Waals surface area contributed by atoms with Crippen LogP contribution < -0.4 is 5.56 Å². The fourth-order valence-electron chi connectivity index (χ4n) is 1.11. The molecular weight excluding hydrogens is 274 g/mol. The van der Waals surface area contributed by atoms with Gasteiger partial charge in [0.05, 0.1) is 15.4 Å². The Labute approximate surface area is 91.1 Å². The van der Waals surface area contributed by atoms with Crippen molar-refractivity contribution in [1.82, 2.24) is 9.97 Å². The van der Waals surface area contributed by atoms with E-state index in [9.17, 15) is 9.18 Å². The Morgan fingerprint density at radius 1 is 1.50 bits per heavy atom. The van der Waals surface area contributed by atoms with Gasteiger partial charge < -0.3 is 0 Å². The molecular formula is C8H3BrClFN2O. The van der Waals surface area contributed by atoms with Gasteiger partial charge in [0, 0.05) is 6.07 Å². The highest BCUT2D eigenvalue weighted by molar-refractivity contribution is 9.10. The van der Waals surface area contributed by atoms with E-state index in [1.165, 1.54) is 6.07 Å². The topological polar surface area (TPSA) is 45.8 Å². The van der Waals surface area contributed by atoms with Gasteiger partial charge in [-0.2, -0.15) is 0 Å². The number of nitrogens with zero attached hydrogens (tertiary/aromatic N) is 1. The normalized spacial score (nSPS) is 10.8. The van der Waals surface area contributed by atoms with Crippen LogP contribution >= 0.6 is 27.5 Å². The number of nitrogens with one attached hydrogen (secondary N) is 1. The lowest BCUT2D eigenvalue weighted by atomic mass is 10.2. The lowest BCUT2D eigenvalue weighted by Gasteiger charge is -1.99. The van der Waals surface area contributed by atoms with Crippen molar-refractivity contribution in [2.45, 2.75) is 0 Å². The maximum Gasteiger partial charge on any atom is 0.259 e. The summed E-state index contributed by atoms with van der Waals surface area (Å²) in [6.45, 7) is 0. The zero-order chi connectivity index (χ0) is 10.3. The third-order valence-corrected chi connectivity index (χ3v) is 2.51. The van der Waals surface area contributed by atoms with Gasteiger partial charge in [0.1, 0.15) is 5.82 Å². The number of rotatable bonds is 0. The van der Waals surface area contributed by atoms with E-state index in [-0.39, 0.29) is 20.8 Å². The Morgan fingerprint density at radius 3 is 2.93 bits per heavy atom. The molecule has 3 nitrogen and oxygen atoms in total. The van der Waals surface area contributed by atoms with E-state index < -0.39 is 5.82 Å². The summed E-state index contributed by atoms with van der Waals surface area (Å²) in [5, 5.41) is 0.242. The maximum absolute atomic E-state index is 13.1. The number of hydrogen-bond donors (Lipinski definition) is 1. The zero-order valence-electron chi connectivity index (χ0n) is 6.64. The smallest absolute Gasteiger partial charge is 0.259 e. The first-order chi connectivity index (χ1) is 6.58. The van der Waals surface area contributed by atoms with Crippen molar-refractivity contribution in [1.29, 1.82) is 0 Å². The highest BCUT2D eigenvalue weighted by Crippen LogP contribution is 2.20. The SMILES string of the molecule is O=c1[nH]c(Cl)nc2cc(F)c(Br)cc12. The molecule has 2 aromatic rings. The second kappa shape index (κ2) is 3.33. The van der Waals surface area contributed by atoms with Crippen LogP contribution in [0.2, 0.25) is 5.28 Å². The third kappa shape index (κ3) is 1.53. The van der Waals surface area contributed by atoms with E-state index in [1.54, 1.807) is 0 Å². The van der Waals surface area contributed by atoms with Gasteiger partial charge in [-0.05, 0) is 33.6 Å². The molecule has 0 spiro atoms. The molecule has 0 amide bonds. The highest BCUT2D eigenvalue weighted by Gasteiger charge is 2.06. The van der Waals surface area contributed by atoms with Crippen molar-refractivity contribution in [3.8, 4) is 0 Å². The monoisotopic (exact) mass is 276 g/mol. The van der Waals surface area contributed by atoms with E-state index in [2.05, 4.69) is 25.9 Å². The van der Waals surface area contributed by atoms with Crippen LogP contribution in [0.5, 0.6) is 0 Å². The standard InChI is InChI=1S/C8H3BrClFN2O/c9-4-1-3-6(2-5(4)11)12-8(10)13-7(3)14/h1-2H,(H,12,13,14). The van der Waals surface area contributed by atoms with Crippen LogP contribution in [-0.4, -0.2) is 9.97 Å². The Kier molecular flexibility index (Phi) is 2.28. The molecule has 0 aliphatic rings. The quantitative estimate of drug-likeness (QED) is 0.752. The summed E-state index contributed by atoms with van der Waals surface area (Å²) in [6, 6.07) is 2.52. The number of H-pyrrole nitrogens is 1. The van der Waals surface area contributed by atoms with Gasteiger partial charge in [0.2, 0.25) is 5.28 Å². The van der Waals surface area contributed by atoms with Gasteiger partial charge in [-0.3, -0.25) is 9.78 Å². The Bertz CT molecular complexity index is 569. The van der Waals surface area contributed by atoms with Crippen LogP contribution in [0, 0.1) is 5.82 Å². The van der Waals surface area contributed by atoms with Crippen molar-refractivity contribution in [3.63, 3.8) is 0 Å². The minimum atomic E-state index is -0.480. The summed E-state index contributed by atoms with van der Waals surface area (Å²) in [4.78, 5) is 17.4. The third-order valence-electron chi connectivity index (χ3n) is 1.72. The molecule has 0 saturated heterocycles. The molecule has 1 aromatic carbocycles. The van der Waals surface area contributed by atoms with Crippen LogP contribution in [-0.2, 0) is 0 Å². The zero-order valence-corrected chi connectivity index (χ0v) is 8.99. The first-order valence-corrected chi connectivity index (χ1v) is 4.79. The van der Waals surface area contributed by atoms with E-state index in [0.29, 0.717) is 5.39 Å². The molecule has 0 aliphatic carbocycles. The van der Waals surface area contributed by atoms with Crippen molar-refractivity contribution < 1.29 is 4.39 Å². The maximum atomic E-state index is 13.1. The Balaban J connectivity index is 2.96. The molecule has 0 saturated carbocycles. The van der Waals surface area contributed by atoms with E-state index in [4.69, 9.17) is 11.6 Å². The lowest BCUT2D eigenvalue weighted by molar-refractivity contribution is 0.622. The first kappa shape index (κ1) is 9.61. The van der Waals surface area contributed by atoms with E-state index >= 15 is 0 Å². The molecule has 0 fully saturated rings. The predicted molar refractivity (Wildman–Crippen MR) is 55.0 cm³/mol. The van der Waals surface area contributed by atoms with Crippen molar-refractivity contribution in [3.05, 3.63) is 38.1 Å². The molecule has 1 heterocycles. The summed E-state index contributed by atoms with van der Waals surface area (Å²) in [7, 11) is 0. The summed E-state index contributed by atoms with van der Waals surface area (Å²) in [5.41, 5.74) is -0.153. The number of fused-ring (bicyclic) bond motifs is 1. The lowest BCUT2D eigenvalue weighted by Crippen LogP contribution is -2.08. The molecule has 0 aliphatic heterocycles. The van der Waals surface area contributed by atoms with Crippen molar-refractivity contribution in [2.75, 3.05) is 0 Å². The van der Waals surface area contributed by atoms with Crippen LogP contribution in [0.15, 0.2) is 21.4 Å². The number of aromatic nitrogens is 2. The second-order valence-electron chi connectivity index (χ2n) is 2.64.